The summed E-state index contributed by atoms with van der Waals surface area (Å²) < 4.78 is 1.12. The molecule has 3 N–H and O–H groups in total. The van der Waals surface area contributed by atoms with Crippen LogP contribution in [0.15, 0.2) is 28.9 Å². The van der Waals surface area contributed by atoms with Gasteiger partial charge in [-0.25, -0.2) is 0 Å². The number of hydrogen-bond donors (Lipinski definition) is 2. The van der Waals surface area contributed by atoms with Crippen LogP contribution in [0.1, 0.15) is 37.3 Å². The Labute approximate surface area is 110 Å². The molecule has 0 aliphatic heterocycles. The molecule has 2 nitrogen and oxygen atoms in total. The normalized spacial score (nSPS) is 18.9. The Hall–Kier alpha value is -0.800. The van der Waals surface area contributed by atoms with Crippen molar-refractivity contribution >= 4 is 26.8 Å². The van der Waals surface area contributed by atoms with E-state index in [0.29, 0.717) is 5.92 Å². The highest BCUT2D eigenvalue weighted by Gasteiger charge is 2.25. The van der Waals surface area contributed by atoms with Gasteiger partial charge in [0.2, 0.25) is 0 Å². The molecule has 2 aromatic rings. The summed E-state index contributed by atoms with van der Waals surface area (Å²) >= 11 is 3.53. The van der Waals surface area contributed by atoms with Crippen molar-refractivity contribution in [2.24, 2.45) is 11.7 Å². The molecule has 0 amide bonds. The fraction of sp³-hybridized carbons (Fsp3) is 0.429. The lowest BCUT2D eigenvalue weighted by Gasteiger charge is -2.18. The molecular formula is C14H17BrN2. The van der Waals surface area contributed by atoms with E-state index in [1.807, 2.05) is 0 Å². The fourth-order valence-corrected chi connectivity index (χ4v) is 3.32. The molecule has 1 heterocycles. The maximum absolute atomic E-state index is 6.43. The largest absolute Gasteiger partial charge is 0.361 e. The van der Waals surface area contributed by atoms with E-state index in [1.165, 1.54) is 42.1 Å². The predicted molar refractivity (Wildman–Crippen MR) is 74.9 cm³/mol. The van der Waals surface area contributed by atoms with Crippen LogP contribution in [0.25, 0.3) is 10.9 Å². The topological polar surface area (TPSA) is 41.8 Å². The fourth-order valence-electron chi connectivity index (χ4n) is 2.96. The first-order valence-corrected chi connectivity index (χ1v) is 7.07. The standard InChI is InChI=1S/C14H17BrN2/c15-10-5-6-13-11(7-10)12(8-17-13)14(16)9-3-1-2-4-9/h5-9,14,17H,1-4,16H2/t14-/m1/s1. The molecule has 0 radical (unpaired) electrons. The molecule has 1 aliphatic carbocycles. The zero-order valence-corrected chi connectivity index (χ0v) is 11.3. The van der Waals surface area contributed by atoms with Gasteiger partial charge in [0.25, 0.3) is 0 Å². The van der Waals surface area contributed by atoms with E-state index >= 15 is 0 Å². The molecule has 3 rings (SSSR count). The number of benzene rings is 1. The van der Waals surface area contributed by atoms with Gasteiger partial charge in [0.1, 0.15) is 0 Å². The molecule has 0 saturated heterocycles. The van der Waals surface area contributed by atoms with Crippen molar-refractivity contribution in [1.29, 1.82) is 0 Å². The van der Waals surface area contributed by atoms with Gasteiger partial charge in [-0.3, -0.25) is 0 Å². The van der Waals surface area contributed by atoms with Crippen molar-refractivity contribution in [3.63, 3.8) is 0 Å². The summed E-state index contributed by atoms with van der Waals surface area (Å²) in [5.74, 6) is 0.660. The van der Waals surface area contributed by atoms with E-state index in [0.717, 1.165) is 4.47 Å². The Balaban J connectivity index is 2.01. The van der Waals surface area contributed by atoms with Crippen molar-refractivity contribution in [1.82, 2.24) is 4.98 Å². The first kappa shape index (κ1) is 11.3. The van der Waals surface area contributed by atoms with Gasteiger partial charge >= 0.3 is 0 Å². The van der Waals surface area contributed by atoms with E-state index < -0.39 is 0 Å². The van der Waals surface area contributed by atoms with Crippen LogP contribution in [-0.2, 0) is 0 Å². The smallest absolute Gasteiger partial charge is 0.0458 e. The number of halogens is 1. The third kappa shape index (κ3) is 2.02. The van der Waals surface area contributed by atoms with Gasteiger partial charge in [-0.2, -0.15) is 0 Å². The highest BCUT2D eigenvalue weighted by Crippen LogP contribution is 2.37. The van der Waals surface area contributed by atoms with E-state index in [2.05, 4.69) is 45.3 Å². The van der Waals surface area contributed by atoms with E-state index in [-0.39, 0.29) is 6.04 Å². The van der Waals surface area contributed by atoms with Crippen LogP contribution in [-0.4, -0.2) is 4.98 Å². The van der Waals surface area contributed by atoms with Crippen molar-refractivity contribution in [3.8, 4) is 0 Å². The number of nitrogens with two attached hydrogens (primary N) is 1. The Morgan fingerprint density at radius 3 is 2.82 bits per heavy atom. The van der Waals surface area contributed by atoms with Crippen molar-refractivity contribution < 1.29 is 0 Å². The van der Waals surface area contributed by atoms with Gasteiger partial charge in [0.15, 0.2) is 0 Å². The molecule has 1 aromatic heterocycles. The molecule has 1 atom stereocenters. The van der Waals surface area contributed by atoms with Gasteiger partial charge in [-0.15, -0.1) is 0 Å². The third-order valence-electron chi connectivity index (χ3n) is 3.94. The van der Waals surface area contributed by atoms with Crippen LogP contribution >= 0.6 is 15.9 Å². The summed E-state index contributed by atoms with van der Waals surface area (Å²) in [5.41, 5.74) is 8.87. The predicted octanol–water partition coefficient (Wildman–Crippen LogP) is 4.12. The van der Waals surface area contributed by atoms with Gasteiger partial charge in [0, 0.05) is 27.6 Å². The summed E-state index contributed by atoms with van der Waals surface area (Å²) in [6, 6.07) is 6.50. The van der Waals surface area contributed by atoms with Crippen molar-refractivity contribution in [2.75, 3.05) is 0 Å². The first-order valence-electron chi connectivity index (χ1n) is 6.28. The molecule has 0 bridgehead atoms. The minimum atomic E-state index is 0.181. The summed E-state index contributed by atoms with van der Waals surface area (Å²) in [7, 11) is 0. The SMILES string of the molecule is N[C@@H](c1c[nH]c2ccc(Br)cc12)C1CCCC1. The number of aromatic nitrogens is 1. The highest BCUT2D eigenvalue weighted by molar-refractivity contribution is 9.10. The molecule has 17 heavy (non-hydrogen) atoms. The monoisotopic (exact) mass is 292 g/mol. The second-order valence-electron chi connectivity index (χ2n) is 5.00. The summed E-state index contributed by atoms with van der Waals surface area (Å²) in [5, 5.41) is 1.26. The van der Waals surface area contributed by atoms with Gasteiger partial charge in [0.05, 0.1) is 0 Å². The molecule has 1 fully saturated rings. The van der Waals surface area contributed by atoms with Crippen LogP contribution < -0.4 is 5.73 Å². The zero-order chi connectivity index (χ0) is 11.8. The Morgan fingerprint density at radius 2 is 2.06 bits per heavy atom. The van der Waals surface area contributed by atoms with Crippen LogP contribution in [0, 0.1) is 5.92 Å². The number of fused-ring (bicyclic) bond motifs is 1. The summed E-state index contributed by atoms with van der Waals surface area (Å²) in [6.45, 7) is 0. The number of nitrogens with one attached hydrogen (secondary N) is 1. The van der Waals surface area contributed by atoms with Crippen LogP contribution in [0.5, 0.6) is 0 Å². The molecule has 1 aromatic carbocycles. The molecule has 90 valence electrons. The maximum Gasteiger partial charge on any atom is 0.0458 e. The number of aromatic amines is 1. The van der Waals surface area contributed by atoms with Crippen molar-refractivity contribution in [3.05, 3.63) is 34.4 Å². The van der Waals surface area contributed by atoms with Gasteiger partial charge in [-0.05, 0) is 42.5 Å². The third-order valence-corrected chi connectivity index (χ3v) is 4.44. The highest BCUT2D eigenvalue weighted by atomic mass is 79.9. The second-order valence-corrected chi connectivity index (χ2v) is 5.92. The van der Waals surface area contributed by atoms with Crippen LogP contribution in [0.3, 0.4) is 0 Å². The maximum atomic E-state index is 6.43. The Kier molecular flexibility index (Phi) is 2.97. The minimum Gasteiger partial charge on any atom is -0.361 e. The lowest BCUT2D eigenvalue weighted by Crippen LogP contribution is -2.18. The molecule has 1 saturated carbocycles. The minimum absolute atomic E-state index is 0.181. The summed E-state index contributed by atoms with van der Waals surface area (Å²) in [6.07, 6.45) is 7.32. The first-order chi connectivity index (χ1) is 8.25. The molecule has 3 heteroatoms. The van der Waals surface area contributed by atoms with E-state index in [4.69, 9.17) is 5.73 Å². The van der Waals surface area contributed by atoms with Gasteiger partial charge in [-0.1, -0.05) is 28.8 Å². The molecule has 0 spiro atoms. The van der Waals surface area contributed by atoms with E-state index in [1.54, 1.807) is 0 Å². The lowest BCUT2D eigenvalue weighted by atomic mass is 9.92. The molecular weight excluding hydrogens is 276 g/mol. The second kappa shape index (κ2) is 4.46. The zero-order valence-electron chi connectivity index (χ0n) is 9.75. The van der Waals surface area contributed by atoms with E-state index in [9.17, 15) is 0 Å². The lowest BCUT2D eigenvalue weighted by molar-refractivity contribution is 0.447. The van der Waals surface area contributed by atoms with Crippen LogP contribution in [0.4, 0.5) is 0 Å². The van der Waals surface area contributed by atoms with Crippen molar-refractivity contribution in [2.45, 2.75) is 31.7 Å². The Bertz CT molecular complexity index is 526. The average molecular weight is 293 g/mol. The average Bonchev–Trinajstić information content (AvgIpc) is 2.97. The quantitative estimate of drug-likeness (QED) is 0.859. The number of rotatable bonds is 2. The summed E-state index contributed by atoms with van der Waals surface area (Å²) in [4.78, 5) is 3.32. The molecule has 1 aliphatic rings. The number of hydrogen-bond acceptors (Lipinski definition) is 1. The number of H-pyrrole nitrogens is 1. The van der Waals surface area contributed by atoms with Crippen LogP contribution in [0.2, 0.25) is 0 Å². The van der Waals surface area contributed by atoms with Gasteiger partial charge < -0.3 is 10.7 Å². The molecule has 0 unspecified atom stereocenters. The Morgan fingerprint density at radius 1 is 1.29 bits per heavy atom.